The van der Waals surface area contributed by atoms with E-state index >= 15 is 0 Å². The monoisotopic (exact) mass is 569 g/mol. The minimum Gasteiger partial charge on any atom is -0.481 e. The zero-order chi connectivity index (χ0) is 27.9. The van der Waals surface area contributed by atoms with Gasteiger partial charge in [0, 0.05) is 35.1 Å². The first-order chi connectivity index (χ1) is 18.8. The van der Waals surface area contributed by atoms with Gasteiger partial charge >= 0.3 is 5.97 Å². The van der Waals surface area contributed by atoms with Gasteiger partial charge in [-0.2, -0.15) is 0 Å². The number of hydrogen-bond donors (Lipinski definition) is 1. The number of hydrogen-bond acceptors (Lipinski definition) is 8. The molecule has 39 heavy (non-hydrogen) atoms. The van der Waals surface area contributed by atoms with Crippen LogP contribution in [-0.2, 0) is 17.8 Å². The molecule has 0 amide bonds. The summed E-state index contributed by atoms with van der Waals surface area (Å²) in [5.41, 5.74) is 3.21. The quantitative estimate of drug-likeness (QED) is 0.269. The molecule has 0 radical (unpaired) electrons. The van der Waals surface area contributed by atoms with E-state index in [2.05, 4.69) is 34.8 Å². The summed E-state index contributed by atoms with van der Waals surface area (Å²) in [7, 11) is 0. The second kappa shape index (κ2) is 13.5. The molecule has 0 bridgehead atoms. The van der Waals surface area contributed by atoms with E-state index in [9.17, 15) is 14.7 Å². The number of carbonyl (C=O) groups is 2. The maximum atomic E-state index is 13.2. The van der Waals surface area contributed by atoms with Crippen LogP contribution in [0.2, 0.25) is 5.02 Å². The molecule has 1 N–H and O–H groups in total. The molecule has 0 aliphatic carbocycles. The van der Waals surface area contributed by atoms with Crippen molar-refractivity contribution >= 4 is 40.5 Å². The molecule has 0 saturated carbocycles. The van der Waals surface area contributed by atoms with Crippen LogP contribution in [0.25, 0.3) is 11.3 Å². The molecule has 1 saturated heterocycles. The van der Waals surface area contributed by atoms with Gasteiger partial charge in [-0.3, -0.25) is 14.5 Å². The van der Waals surface area contributed by atoms with E-state index in [0.29, 0.717) is 37.4 Å². The summed E-state index contributed by atoms with van der Waals surface area (Å²) in [6, 6.07) is 5.95. The number of carbonyl (C=O) groups excluding carboxylic acids is 1. The molecular formula is C29H36ClN5O3S. The number of carboxylic acid groups (broad SMARTS) is 1. The molecule has 4 rings (SSSR count). The molecular weight excluding hydrogens is 534 g/mol. The fourth-order valence-electron chi connectivity index (χ4n) is 4.92. The molecule has 3 heterocycles. The lowest BCUT2D eigenvalue weighted by Crippen LogP contribution is -2.36. The first-order valence-electron chi connectivity index (χ1n) is 13.6. The molecule has 1 aromatic carbocycles. The lowest BCUT2D eigenvalue weighted by molar-refractivity contribution is -0.142. The molecule has 0 atom stereocenters. The van der Waals surface area contributed by atoms with Crippen LogP contribution >= 0.6 is 22.9 Å². The molecule has 10 heteroatoms. The fraction of sp³-hybridized carbons (Fsp3) is 0.483. The summed E-state index contributed by atoms with van der Waals surface area (Å²) in [5.74, 6) is -0.517. The van der Waals surface area contributed by atoms with E-state index in [1.165, 1.54) is 6.20 Å². The maximum absolute atomic E-state index is 13.2. The van der Waals surface area contributed by atoms with Crippen LogP contribution in [0.4, 0.5) is 5.82 Å². The smallest absolute Gasteiger partial charge is 0.306 e. The van der Waals surface area contributed by atoms with Gasteiger partial charge in [0.05, 0.1) is 30.4 Å². The van der Waals surface area contributed by atoms with Gasteiger partial charge in [0.25, 0.3) is 0 Å². The molecule has 3 aromatic rings. The number of aliphatic carboxylic acids is 1. The Kier molecular flexibility index (Phi) is 10.0. The Morgan fingerprint density at radius 2 is 1.85 bits per heavy atom. The van der Waals surface area contributed by atoms with E-state index in [4.69, 9.17) is 16.6 Å². The zero-order valence-electron chi connectivity index (χ0n) is 22.8. The SMILES string of the molecule is CCCN(CCC)Cc1sc(CC(=O)c2cnc(N3CCC(C(=O)O)CC3)cn2)nc1-c1ccc(Cl)c(C)c1. The number of rotatable bonds is 12. The zero-order valence-corrected chi connectivity index (χ0v) is 24.4. The summed E-state index contributed by atoms with van der Waals surface area (Å²) >= 11 is 7.87. The molecule has 1 aliphatic heterocycles. The average Bonchev–Trinajstić information content (AvgIpc) is 3.32. The number of aromatic nitrogens is 3. The lowest BCUT2D eigenvalue weighted by atomic mass is 9.97. The number of piperidine rings is 1. The number of ketones is 1. The number of anilines is 1. The van der Waals surface area contributed by atoms with Crippen molar-refractivity contribution in [2.75, 3.05) is 31.1 Å². The van der Waals surface area contributed by atoms with E-state index in [-0.39, 0.29) is 18.1 Å². The average molecular weight is 570 g/mol. The van der Waals surface area contributed by atoms with E-state index in [1.807, 2.05) is 24.0 Å². The summed E-state index contributed by atoms with van der Waals surface area (Å²) in [5, 5.41) is 10.7. The Bertz CT molecular complexity index is 1280. The van der Waals surface area contributed by atoms with Gasteiger partial charge in [0.2, 0.25) is 0 Å². The third-order valence-electron chi connectivity index (χ3n) is 7.02. The van der Waals surface area contributed by atoms with E-state index in [1.54, 1.807) is 17.5 Å². The maximum Gasteiger partial charge on any atom is 0.306 e. The summed E-state index contributed by atoms with van der Waals surface area (Å²) in [4.78, 5) is 43.8. The number of thiazole rings is 1. The third kappa shape index (κ3) is 7.41. The molecule has 2 aromatic heterocycles. The fourth-order valence-corrected chi connectivity index (χ4v) is 6.17. The van der Waals surface area contributed by atoms with Crippen LogP contribution < -0.4 is 4.90 Å². The first-order valence-corrected chi connectivity index (χ1v) is 14.8. The van der Waals surface area contributed by atoms with Crippen molar-refractivity contribution in [1.29, 1.82) is 0 Å². The minimum atomic E-state index is -0.746. The van der Waals surface area contributed by atoms with Gasteiger partial charge in [-0.15, -0.1) is 11.3 Å². The normalized spacial score (nSPS) is 14.2. The van der Waals surface area contributed by atoms with Gasteiger partial charge in [-0.25, -0.2) is 15.0 Å². The molecule has 1 aliphatic rings. The van der Waals surface area contributed by atoms with Crippen molar-refractivity contribution in [2.24, 2.45) is 5.92 Å². The number of nitrogens with zero attached hydrogens (tertiary/aromatic N) is 5. The van der Waals surface area contributed by atoms with Crippen LogP contribution in [0.5, 0.6) is 0 Å². The first kappa shape index (κ1) is 29.1. The molecule has 208 valence electrons. The van der Waals surface area contributed by atoms with Gasteiger partial charge in [-0.1, -0.05) is 31.5 Å². The van der Waals surface area contributed by atoms with Crippen molar-refractivity contribution in [3.05, 3.63) is 56.8 Å². The number of aryl methyl sites for hydroxylation is 1. The van der Waals surface area contributed by atoms with Gasteiger partial charge in [0.1, 0.15) is 16.5 Å². The second-order valence-electron chi connectivity index (χ2n) is 10.1. The predicted molar refractivity (Wildman–Crippen MR) is 156 cm³/mol. The topological polar surface area (TPSA) is 99.5 Å². The molecule has 1 fully saturated rings. The number of halogens is 1. The molecule has 0 unspecified atom stereocenters. The van der Waals surface area contributed by atoms with Crippen LogP contribution in [0.15, 0.2) is 30.6 Å². The highest BCUT2D eigenvalue weighted by molar-refractivity contribution is 7.12. The van der Waals surface area contributed by atoms with Crippen LogP contribution in [0.1, 0.15) is 65.5 Å². The summed E-state index contributed by atoms with van der Waals surface area (Å²) < 4.78 is 0. The summed E-state index contributed by atoms with van der Waals surface area (Å²) in [6.07, 6.45) is 6.59. The Morgan fingerprint density at radius 3 is 2.44 bits per heavy atom. The van der Waals surface area contributed by atoms with Crippen molar-refractivity contribution in [1.82, 2.24) is 19.9 Å². The Morgan fingerprint density at radius 1 is 1.13 bits per heavy atom. The van der Waals surface area contributed by atoms with Gasteiger partial charge in [0.15, 0.2) is 5.78 Å². The summed E-state index contributed by atoms with van der Waals surface area (Å²) in [6.45, 7) is 10.4. The molecule has 8 nitrogen and oxygen atoms in total. The van der Waals surface area contributed by atoms with E-state index < -0.39 is 5.97 Å². The van der Waals surface area contributed by atoms with Crippen LogP contribution in [0.3, 0.4) is 0 Å². The van der Waals surface area contributed by atoms with Crippen LogP contribution in [-0.4, -0.2) is 62.9 Å². The van der Waals surface area contributed by atoms with Crippen molar-refractivity contribution in [3.63, 3.8) is 0 Å². The number of benzene rings is 1. The van der Waals surface area contributed by atoms with Crippen molar-refractivity contribution < 1.29 is 14.7 Å². The standard InChI is InChI=1S/C29H36ClN5O3S/c1-4-10-34(11-5-2)18-25-28(21-6-7-22(30)19(3)14-21)33-27(39-25)15-24(36)23-16-32-26(17-31-23)35-12-8-20(9-13-35)29(37)38/h6-7,14,16-17,20H,4-5,8-13,15,18H2,1-3H3,(H,37,38). The van der Waals surface area contributed by atoms with Crippen LogP contribution in [0, 0.1) is 12.8 Å². The third-order valence-corrected chi connectivity index (χ3v) is 8.49. The van der Waals surface area contributed by atoms with Crippen molar-refractivity contribution in [2.45, 2.75) is 59.4 Å². The van der Waals surface area contributed by atoms with E-state index in [0.717, 1.165) is 64.2 Å². The van der Waals surface area contributed by atoms with Crippen molar-refractivity contribution in [3.8, 4) is 11.3 Å². The minimum absolute atomic E-state index is 0.128. The Hall–Kier alpha value is -2.88. The Labute approximate surface area is 239 Å². The molecule has 0 spiro atoms. The second-order valence-corrected chi connectivity index (χ2v) is 11.7. The largest absolute Gasteiger partial charge is 0.481 e. The highest BCUT2D eigenvalue weighted by Gasteiger charge is 2.25. The number of Topliss-reactive ketones (excluding diaryl/α,β-unsaturated/α-hetero) is 1. The highest BCUT2D eigenvalue weighted by Crippen LogP contribution is 2.32. The van der Waals surface area contributed by atoms with Gasteiger partial charge < -0.3 is 10.0 Å². The van der Waals surface area contributed by atoms with Gasteiger partial charge in [-0.05, 0) is 63.4 Å². The highest BCUT2D eigenvalue weighted by atomic mass is 35.5. The Balaban J connectivity index is 1.51. The number of carboxylic acids is 1. The predicted octanol–water partition coefficient (Wildman–Crippen LogP) is 5.91. The lowest BCUT2D eigenvalue weighted by Gasteiger charge is -2.30.